The molecule has 1 aliphatic carbocycles. The molecule has 0 saturated heterocycles. The summed E-state index contributed by atoms with van der Waals surface area (Å²) in [5.74, 6) is 2.86. The van der Waals surface area contributed by atoms with Crippen LogP contribution in [0.4, 0.5) is 0 Å². The first-order valence-corrected chi connectivity index (χ1v) is 17.6. The molecular weight excluding hydrogens is 502 g/mol. The number of ether oxygens (including phenoxy) is 2. The van der Waals surface area contributed by atoms with Gasteiger partial charge in [-0.25, -0.2) is 4.98 Å². The van der Waals surface area contributed by atoms with E-state index in [1.54, 1.807) is 0 Å². The molecule has 0 bridgehead atoms. The van der Waals surface area contributed by atoms with Gasteiger partial charge in [-0.2, -0.15) is 0 Å². The van der Waals surface area contributed by atoms with E-state index < -0.39 is 8.32 Å². The van der Waals surface area contributed by atoms with E-state index in [1.165, 1.54) is 18.7 Å². The van der Waals surface area contributed by atoms with Gasteiger partial charge in [-0.15, -0.1) is 0 Å². The molecule has 2 aliphatic heterocycles. The Labute approximate surface area is 234 Å². The molecule has 0 unspecified atom stereocenters. The second-order valence-electron chi connectivity index (χ2n) is 13.3. The molecule has 0 radical (unpaired) electrons. The Hall–Kier alpha value is -2.64. The van der Waals surface area contributed by atoms with E-state index in [0.717, 1.165) is 78.5 Å². The van der Waals surface area contributed by atoms with Crippen molar-refractivity contribution < 1.29 is 13.9 Å². The highest BCUT2D eigenvalue weighted by Crippen LogP contribution is 2.50. The van der Waals surface area contributed by atoms with Gasteiger partial charge in [0, 0.05) is 29.3 Å². The van der Waals surface area contributed by atoms with Gasteiger partial charge in [-0.3, -0.25) is 4.98 Å². The predicted octanol–water partition coefficient (Wildman–Crippen LogP) is 8.04. The highest BCUT2D eigenvalue weighted by Gasteiger charge is 2.45. The fourth-order valence-corrected chi connectivity index (χ4v) is 7.86. The van der Waals surface area contributed by atoms with E-state index >= 15 is 0 Å². The van der Waals surface area contributed by atoms with Crippen LogP contribution in [0.25, 0.3) is 22.6 Å². The lowest BCUT2D eigenvalue weighted by molar-refractivity contribution is 0.0962. The van der Waals surface area contributed by atoms with Crippen LogP contribution < -0.4 is 9.47 Å². The molecule has 208 valence electrons. The summed E-state index contributed by atoms with van der Waals surface area (Å²) in [7, 11) is -1.79. The van der Waals surface area contributed by atoms with Gasteiger partial charge in [0.1, 0.15) is 11.5 Å². The van der Waals surface area contributed by atoms with Gasteiger partial charge in [0.05, 0.1) is 11.4 Å². The average Bonchev–Trinajstić information content (AvgIpc) is 3.47. The Morgan fingerprint density at radius 3 is 2.49 bits per heavy atom. The first-order valence-electron chi connectivity index (χ1n) is 14.7. The lowest BCUT2D eigenvalue weighted by Crippen LogP contribution is -2.46. The number of fused-ring (bicyclic) bond motifs is 3. The summed E-state index contributed by atoms with van der Waals surface area (Å²) < 4.78 is 20.8. The molecule has 1 spiro atoms. The molecule has 39 heavy (non-hydrogen) atoms. The number of imidazole rings is 1. The van der Waals surface area contributed by atoms with Crippen molar-refractivity contribution in [2.24, 2.45) is 0 Å². The van der Waals surface area contributed by atoms with Gasteiger partial charge in [0.25, 0.3) is 0 Å². The summed E-state index contributed by atoms with van der Waals surface area (Å²) in [5.41, 5.74) is 5.27. The van der Waals surface area contributed by atoms with Crippen LogP contribution >= 0.6 is 0 Å². The summed E-state index contributed by atoms with van der Waals surface area (Å²) in [6.45, 7) is 15.1. The van der Waals surface area contributed by atoms with Gasteiger partial charge in [0.15, 0.2) is 19.8 Å². The number of nitrogens with zero attached hydrogens (tertiary/aromatic N) is 3. The number of aryl methyl sites for hydroxylation is 1. The van der Waals surface area contributed by atoms with Crippen molar-refractivity contribution in [3.8, 4) is 34.1 Å². The number of hydrogen-bond donors (Lipinski definition) is 0. The Morgan fingerprint density at radius 1 is 0.974 bits per heavy atom. The Kier molecular flexibility index (Phi) is 6.66. The fourth-order valence-electron chi connectivity index (χ4n) is 6.44. The first-order chi connectivity index (χ1) is 18.6. The molecule has 6 nitrogen and oxygen atoms in total. The standard InChI is InChI=1S/C32H43N3O3Si/c1-22-10-9-11-25(33-22)28-29(23-12-13-26-27(20-23)37-21-36-26)35-19-8-7-16-32(30(35)34-28)17-14-24(15-18-32)38-39(5,6)31(2,3)4/h9-13,20,24H,7-8,14-19,21H2,1-6H3. The van der Waals surface area contributed by atoms with Crippen LogP contribution in [0.5, 0.6) is 11.5 Å². The SMILES string of the molecule is Cc1cccc(-c2nc3n(c2-c2ccc4c(c2)OCO4)CCCCC32CCC(O[Si](C)(C)C(C)(C)C)CC2)n1. The van der Waals surface area contributed by atoms with E-state index in [2.05, 4.69) is 75.7 Å². The molecule has 3 aliphatic rings. The molecule has 3 aromatic rings. The molecule has 0 atom stereocenters. The number of rotatable bonds is 4. The van der Waals surface area contributed by atoms with Crippen LogP contribution in [-0.4, -0.2) is 35.7 Å². The van der Waals surface area contributed by atoms with Gasteiger partial charge in [-0.05, 0) is 93.9 Å². The maximum absolute atomic E-state index is 6.90. The molecule has 0 N–H and O–H groups in total. The summed E-state index contributed by atoms with van der Waals surface area (Å²) in [6, 6.07) is 12.5. The molecule has 7 heteroatoms. The third-order valence-corrected chi connectivity index (χ3v) is 14.2. The number of hydrogen-bond acceptors (Lipinski definition) is 5. The molecule has 2 aromatic heterocycles. The first kappa shape index (κ1) is 26.6. The van der Waals surface area contributed by atoms with Crippen molar-refractivity contribution in [2.75, 3.05) is 6.79 Å². The molecular formula is C32H43N3O3Si. The largest absolute Gasteiger partial charge is 0.454 e. The van der Waals surface area contributed by atoms with Crippen LogP contribution in [0.15, 0.2) is 36.4 Å². The minimum Gasteiger partial charge on any atom is -0.454 e. The van der Waals surface area contributed by atoms with Crippen LogP contribution in [0, 0.1) is 6.92 Å². The van der Waals surface area contributed by atoms with Gasteiger partial charge >= 0.3 is 0 Å². The number of benzene rings is 1. The van der Waals surface area contributed by atoms with Crippen molar-refractivity contribution in [3.05, 3.63) is 47.9 Å². The Bertz CT molecular complexity index is 1370. The Balaban J connectivity index is 1.41. The van der Waals surface area contributed by atoms with Crippen LogP contribution in [-0.2, 0) is 16.4 Å². The fraction of sp³-hybridized carbons (Fsp3) is 0.562. The lowest BCUT2D eigenvalue weighted by Gasteiger charge is -2.44. The van der Waals surface area contributed by atoms with Crippen molar-refractivity contribution >= 4 is 8.32 Å². The highest BCUT2D eigenvalue weighted by atomic mass is 28.4. The molecule has 6 rings (SSSR count). The molecule has 4 heterocycles. The summed E-state index contributed by atoms with van der Waals surface area (Å²) >= 11 is 0. The highest BCUT2D eigenvalue weighted by molar-refractivity contribution is 6.74. The van der Waals surface area contributed by atoms with Crippen molar-refractivity contribution in [3.63, 3.8) is 0 Å². The van der Waals surface area contributed by atoms with E-state index in [4.69, 9.17) is 23.9 Å². The van der Waals surface area contributed by atoms with E-state index in [1.807, 2.05) is 6.07 Å². The third-order valence-electron chi connectivity index (χ3n) is 9.66. The predicted molar refractivity (Wildman–Crippen MR) is 158 cm³/mol. The smallest absolute Gasteiger partial charge is 0.231 e. The minimum atomic E-state index is -1.79. The second kappa shape index (κ2) is 9.77. The quantitative estimate of drug-likeness (QED) is 0.311. The zero-order valence-electron chi connectivity index (χ0n) is 24.5. The average molecular weight is 546 g/mol. The van der Waals surface area contributed by atoms with E-state index in [-0.39, 0.29) is 17.2 Å². The zero-order chi connectivity index (χ0) is 27.4. The van der Waals surface area contributed by atoms with Crippen molar-refractivity contribution in [2.45, 2.75) is 109 Å². The molecule has 1 fully saturated rings. The van der Waals surface area contributed by atoms with Crippen LogP contribution in [0.2, 0.25) is 18.1 Å². The van der Waals surface area contributed by atoms with Gasteiger partial charge in [-0.1, -0.05) is 33.3 Å². The number of aromatic nitrogens is 3. The van der Waals surface area contributed by atoms with Gasteiger partial charge < -0.3 is 18.5 Å². The number of pyridine rings is 1. The third kappa shape index (κ3) is 4.82. The van der Waals surface area contributed by atoms with E-state index in [0.29, 0.717) is 6.10 Å². The minimum absolute atomic E-state index is 0.0803. The molecule has 1 aromatic carbocycles. The summed E-state index contributed by atoms with van der Waals surface area (Å²) in [5, 5.41) is 0.232. The normalized spacial score (nSPS) is 23.1. The maximum Gasteiger partial charge on any atom is 0.231 e. The molecule has 1 saturated carbocycles. The summed E-state index contributed by atoms with van der Waals surface area (Å²) in [6.07, 6.45) is 8.42. The van der Waals surface area contributed by atoms with Crippen molar-refractivity contribution in [1.29, 1.82) is 0 Å². The van der Waals surface area contributed by atoms with Crippen molar-refractivity contribution in [1.82, 2.24) is 14.5 Å². The van der Waals surface area contributed by atoms with Gasteiger partial charge in [0.2, 0.25) is 6.79 Å². The Morgan fingerprint density at radius 2 is 1.74 bits per heavy atom. The van der Waals surface area contributed by atoms with Crippen LogP contribution in [0.3, 0.4) is 0 Å². The monoisotopic (exact) mass is 545 g/mol. The second-order valence-corrected chi connectivity index (χ2v) is 18.1. The lowest BCUT2D eigenvalue weighted by atomic mass is 9.70. The topological polar surface area (TPSA) is 58.4 Å². The molecule has 0 amide bonds. The van der Waals surface area contributed by atoms with Crippen LogP contribution in [0.1, 0.15) is 77.2 Å². The summed E-state index contributed by atoms with van der Waals surface area (Å²) in [4.78, 5) is 10.4. The zero-order valence-corrected chi connectivity index (χ0v) is 25.5. The maximum atomic E-state index is 6.90. The van der Waals surface area contributed by atoms with E-state index in [9.17, 15) is 0 Å².